The number of alkyl halides is 2. The maximum absolute atomic E-state index is 13.9. The first kappa shape index (κ1) is 16.0. The van der Waals surface area contributed by atoms with Crippen molar-refractivity contribution >= 4 is 34.8 Å². The first-order chi connectivity index (χ1) is 9.73. The molecule has 0 amide bonds. The number of hydrogen-bond donors (Lipinski definition) is 0. The van der Waals surface area contributed by atoms with Crippen molar-refractivity contribution in [2.45, 2.75) is 6.61 Å². The van der Waals surface area contributed by atoms with Gasteiger partial charge in [-0.15, -0.1) is 4.73 Å². The Morgan fingerprint density at radius 3 is 2.57 bits per heavy atom. The molecule has 5 nitrogen and oxygen atoms in total. The number of ether oxygens (including phenoxy) is 1. The predicted molar refractivity (Wildman–Crippen MR) is 69.2 cm³/mol. The zero-order valence-corrected chi connectivity index (χ0v) is 12.3. The van der Waals surface area contributed by atoms with Gasteiger partial charge in [-0.1, -0.05) is 23.2 Å². The minimum atomic E-state index is -3.16. The van der Waals surface area contributed by atoms with E-state index in [1.165, 1.54) is 7.05 Å². The molecule has 0 saturated heterocycles. The molecule has 0 spiro atoms. The Labute approximate surface area is 131 Å². The largest absolute Gasteiger partial charge is 0.617 e. The van der Waals surface area contributed by atoms with Gasteiger partial charge in [0.15, 0.2) is 11.5 Å². The first-order valence-electron chi connectivity index (χ1n) is 5.18. The molecule has 2 heterocycles. The Morgan fingerprint density at radius 1 is 1.38 bits per heavy atom. The highest BCUT2D eigenvalue weighted by Gasteiger charge is 2.30. The van der Waals surface area contributed by atoms with Gasteiger partial charge in [-0.05, 0) is 11.6 Å². The van der Waals surface area contributed by atoms with Gasteiger partial charge in [0.25, 0.3) is 5.69 Å². The molecule has 2 aromatic heterocycles. The summed E-state index contributed by atoms with van der Waals surface area (Å²) < 4.78 is 43.4. The normalized spacial score (nSPS) is 11.2. The third kappa shape index (κ3) is 2.83. The number of rotatable bonds is 3. The van der Waals surface area contributed by atoms with Crippen LogP contribution in [0.3, 0.4) is 0 Å². The predicted octanol–water partition coefficient (Wildman–Crippen LogP) is 3.42. The quantitative estimate of drug-likeness (QED) is 0.478. The zero-order chi connectivity index (χ0) is 15.9. The minimum Gasteiger partial charge on any atom is -0.617 e. The van der Waals surface area contributed by atoms with Crippen molar-refractivity contribution in [2.75, 3.05) is 0 Å². The van der Waals surface area contributed by atoms with Crippen molar-refractivity contribution in [1.82, 2.24) is 9.78 Å². The van der Waals surface area contributed by atoms with Crippen LogP contribution in [0.4, 0.5) is 13.2 Å². The number of pyridine rings is 1. The van der Waals surface area contributed by atoms with E-state index in [2.05, 4.69) is 9.84 Å². The third-order valence-electron chi connectivity index (χ3n) is 2.42. The van der Waals surface area contributed by atoms with Gasteiger partial charge in [-0.2, -0.15) is 18.3 Å². The summed E-state index contributed by atoms with van der Waals surface area (Å²) >= 11 is 17.0. The number of halogens is 6. The van der Waals surface area contributed by atoms with Crippen molar-refractivity contribution in [1.29, 1.82) is 0 Å². The molecule has 0 aliphatic heterocycles. The van der Waals surface area contributed by atoms with Crippen LogP contribution in [-0.2, 0) is 7.05 Å². The molecule has 2 aromatic rings. The fraction of sp³-hybridized carbons (Fsp3) is 0.200. The van der Waals surface area contributed by atoms with E-state index < -0.39 is 39.9 Å². The molecule has 0 radical (unpaired) electrons. The van der Waals surface area contributed by atoms with E-state index in [0.29, 0.717) is 0 Å². The lowest BCUT2D eigenvalue weighted by Gasteiger charge is -2.06. The highest BCUT2D eigenvalue weighted by molar-refractivity contribution is 6.40. The van der Waals surface area contributed by atoms with Gasteiger partial charge in [-0.25, -0.2) is 4.68 Å². The molecule has 0 aromatic carbocycles. The monoisotopic (exact) mass is 361 g/mol. The standard InChI is InChI=1S/C10H5Cl3F3N3O2/c1-18-9(21-10(15)16)5(12)6(17-18)7-4(14)2-3(11)8(13)19(7)20/h2,10H,1H3. The topological polar surface area (TPSA) is 54.0 Å². The molecule has 0 unspecified atom stereocenters. The number of nitrogens with zero attached hydrogens (tertiary/aromatic N) is 3. The smallest absolute Gasteiger partial charge is 0.388 e. The number of aryl methyl sites for hydroxylation is 1. The second kappa shape index (κ2) is 5.78. The summed E-state index contributed by atoms with van der Waals surface area (Å²) in [6.07, 6.45) is 0. The first-order valence-corrected chi connectivity index (χ1v) is 6.32. The SMILES string of the molecule is Cn1nc(-c2c(F)cc(Cl)c(Cl)[n+]2[O-])c(Cl)c1OC(F)F. The summed E-state index contributed by atoms with van der Waals surface area (Å²) in [6.45, 7) is -3.16. The van der Waals surface area contributed by atoms with Gasteiger partial charge in [0.2, 0.25) is 5.88 Å². The lowest BCUT2D eigenvalue weighted by atomic mass is 10.2. The van der Waals surface area contributed by atoms with Gasteiger partial charge >= 0.3 is 11.8 Å². The average molecular weight is 363 g/mol. The van der Waals surface area contributed by atoms with Crippen LogP contribution < -0.4 is 9.47 Å². The number of hydrogen-bond acceptors (Lipinski definition) is 3. The highest BCUT2D eigenvalue weighted by atomic mass is 35.5. The lowest BCUT2D eigenvalue weighted by Crippen LogP contribution is -2.32. The molecular weight excluding hydrogens is 357 g/mol. The van der Waals surface area contributed by atoms with E-state index in [1.54, 1.807) is 0 Å². The van der Waals surface area contributed by atoms with Gasteiger partial charge in [0.05, 0.1) is 0 Å². The summed E-state index contributed by atoms with van der Waals surface area (Å²) in [6, 6.07) is 0.784. The molecule has 0 bridgehead atoms. The van der Waals surface area contributed by atoms with Crippen molar-refractivity contribution in [3.8, 4) is 17.3 Å². The lowest BCUT2D eigenvalue weighted by molar-refractivity contribution is -0.592. The van der Waals surface area contributed by atoms with E-state index in [1.807, 2.05) is 0 Å². The summed E-state index contributed by atoms with van der Waals surface area (Å²) in [5.41, 5.74) is -1.06. The van der Waals surface area contributed by atoms with E-state index in [0.717, 1.165) is 10.7 Å². The summed E-state index contributed by atoms with van der Waals surface area (Å²) in [5, 5.41) is 14.3. The Balaban J connectivity index is 2.66. The van der Waals surface area contributed by atoms with Crippen LogP contribution >= 0.6 is 34.8 Å². The molecule has 21 heavy (non-hydrogen) atoms. The molecule has 0 aliphatic carbocycles. The Hall–Kier alpha value is -1.38. The van der Waals surface area contributed by atoms with Gasteiger partial charge in [-0.3, -0.25) is 0 Å². The molecule has 0 saturated carbocycles. The van der Waals surface area contributed by atoms with Crippen LogP contribution in [0.1, 0.15) is 0 Å². The van der Waals surface area contributed by atoms with Crippen molar-refractivity contribution in [3.63, 3.8) is 0 Å². The van der Waals surface area contributed by atoms with Crippen LogP contribution in [0.25, 0.3) is 11.4 Å². The molecule has 0 N–H and O–H groups in total. The van der Waals surface area contributed by atoms with Crippen LogP contribution in [0, 0.1) is 11.0 Å². The molecular formula is C10H5Cl3F3N3O2. The second-order valence-corrected chi connectivity index (χ2v) is 4.89. The van der Waals surface area contributed by atoms with Crippen LogP contribution in [0.5, 0.6) is 5.88 Å². The molecule has 0 fully saturated rings. The zero-order valence-electron chi connectivity index (χ0n) is 10.1. The molecule has 0 atom stereocenters. The van der Waals surface area contributed by atoms with Gasteiger partial charge in [0, 0.05) is 13.1 Å². The van der Waals surface area contributed by atoms with E-state index in [-0.39, 0.29) is 9.75 Å². The van der Waals surface area contributed by atoms with Crippen molar-refractivity contribution in [3.05, 3.63) is 32.3 Å². The number of aromatic nitrogens is 3. The van der Waals surface area contributed by atoms with Crippen LogP contribution in [0.15, 0.2) is 6.07 Å². The summed E-state index contributed by atoms with van der Waals surface area (Å²) in [5.74, 6) is -1.59. The van der Waals surface area contributed by atoms with Gasteiger partial charge in [0.1, 0.15) is 10.0 Å². The molecule has 2 rings (SSSR count). The van der Waals surface area contributed by atoms with Crippen molar-refractivity contribution < 1.29 is 22.6 Å². The van der Waals surface area contributed by atoms with E-state index >= 15 is 0 Å². The fourth-order valence-corrected chi connectivity index (χ4v) is 2.19. The highest BCUT2D eigenvalue weighted by Crippen LogP contribution is 2.36. The maximum Gasteiger partial charge on any atom is 0.388 e. The molecule has 114 valence electrons. The fourth-order valence-electron chi connectivity index (χ4n) is 1.59. The van der Waals surface area contributed by atoms with Crippen LogP contribution in [0.2, 0.25) is 15.2 Å². The van der Waals surface area contributed by atoms with Crippen molar-refractivity contribution in [2.24, 2.45) is 7.05 Å². The Morgan fingerprint density at radius 2 is 2.00 bits per heavy atom. The Bertz CT molecular complexity index is 709. The molecule has 11 heteroatoms. The third-order valence-corrected chi connectivity index (χ3v) is 3.51. The van der Waals surface area contributed by atoms with E-state index in [9.17, 15) is 18.4 Å². The second-order valence-electron chi connectivity index (χ2n) is 3.74. The summed E-state index contributed by atoms with van der Waals surface area (Å²) in [7, 11) is 1.23. The minimum absolute atomic E-state index is 0.0421. The average Bonchev–Trinajstić information content (AvgIpc) is 2.64. The van der Waals surface area contributed by atoms with Crippen LogP contribution in [-0.4, -0.2) is 16.4 Å². The summed E-state index contributed by atoms with van der Waals surface area (Å²) in [4.78, 5) is 0. The molecule has 0 aliphatic rings. The Kier molecular flexibility index (Phi) is 4.40. The van der Waals surface area contributed by atoms with Gasteiger partial charge < -0.3 is 9.94 Å². The maximum atomic E-state index is 13.9. The van der Waals surface area contributed by atoms with E-state index in [4.69, 9.17) is 34.8 Å².